The molecule has 0 unspecified atom stereocenters. The molecule has 1 aliphatic heterocycles. The Kier molecular flexibility index (Phi) is 2.67. The second kappa shape index (κ2) is 4.33. The number of para-hydroxylation sites is 1. The van der Waals surface area contributed by atoms with E-state index < -0.39 is 0 Å². The first kappa shape index (κ1) is 11.1. The molecule has 0 N–H and O–H groups in total. The Balaban J connectivity index is 2.11. The van der Waals surface area contributed by atoms with Crippen molar-refractivity contribution in [3.8, 4) is 0 Å². The maximum Gasteiger partial charge on any atom is 0.202 e. The zero-order valence-corrected chi connectivity index (χ0v) is 10.7. The standard InChI is InChI=1S/C15H15BN2/c1-12-6-5-9-15(17-12)18-11-10-16(2)13-7-3-4-8-14(13)18/h3-11H,1-2H3. The number of hydrogen-bond acceptors (Lipinski definition) is 2. The molecule has 0 saturated carbocycles. The Morgan fingerprint density at radius 3 is 2.72 bits per heavy atom. The second-order valence-electron chi connectivity index (χ2n) is 4.70. The van der Waals surface area contributed by atoms with Crippen molar-refractivity contribution in [1.82, 2.24) is 4.98 Å². The van der Waals surface area contributed by atoms with Crippen molar-refractivity contribution in [3.63, 3.8) is 0 Å². The lowest BCUT2D eigenvalue weighted by Gasteiger charge is -2.27. The van der Waals surface area contributed by atoms with Gasteiger partial charge in [-0.2, -0.15) is 0 Å². The van der Waals surface area contributed by atoms with Crippen molar-refractivity contribution < 1.29 is 0 Å². The third-order valence-corrected chi connectivity index (χ3v) is 3.33. The SMILES string of the molecule is CB1C=CN(c2cccc(C)n2)c2ccccc21. The number of aryl methyl sites for hydroxylation is 1. The van der Waals surface area contributed by atoms with Gasteiger partial charge in [0.2, 0.25) is 6.71 Å². The minimum Gasteiger partial charge on any atom is -0.303 e. The molecule has 0 aliphatic carbocycles. The average Bonchev–Trinajstić information content (AvgIpc) is 2.39. The summed E-state index contributed by atoms with van der Waals surface area (Å²) in [5.74, 6) is 3.19. The quantitative estimate of drug-likeness (QED) is 0.705. The van der Waals surface area contributed by atoms with E-state index in [1.165, 1.54) is 11.2 Å². The van der Waals surface area contributed by atoms with Crippen molar-refractivity contribution in [2.24, 2.45) is 0 Å². The molecule has 1 aromatic carbocycles. The van der Waals surface area contributed by atoms with Gasteiger partial charge in [0.1, 0.15) is 5.82 Å². The zero-order valence-electron chi connectivity index (χ0n) is 10.7. The summed E-state index contributed by atoms with van der Waals surface area (Å²) in [6.07, 6.45) is 2.12. The maximum absolute atomic E-state index is 4.60. The van der Waals surface area contributed by atoms with Crippen LogP contribution in [0.4, 0.5) is 11.5 Å². The molecular formula is C15H15BN2. The topological polar surface area (TPSA) is 16.1 Å². The highest BCUT2D eigenvalue weighted by atomic mass is 15.2. The largest absolute Gasteiger partial charge is 0.303 e. The molecule has 0 atom stereocenters. The molecule has 2 heterocycles. The molecule has 3 heteroatoms. The predicted octanol–water partition coefficient (Wildman–Crippen LogP) is 2.93. The van der Waals surface area contributed by atoms with Crippen molar-refractivity contribution in [2.45, 2.75) is 13.7 Å². The van der Waals surface area contributed by atoms with Gasteiger partial charge >= 0.3 is 0 Å². The fraction of sp³-hybridized carbons (Fsp3) is 0.133. The molecule has 1 aliphatic rings. The normalized spacial score (nSPS) is 13.7. The fourth-order valence-corrected chi connectivity index (χ4v) is 2.35. The van der Waals surface area contributed by atoms with E-state index in [1.54, 1.807) is 0 Å². The van der Waals surface area contributed by atoms with Gasteiger partial charge in [-0.1, -0.05) is 42.5 Å². The summed E-state index contributed by atoms with van der Waals surface area (Å²) in [6, 6.07) is 14.6. The van der Waals surface area contributed by atoms with Crippen LogP contribution in [0, 0.1) is 6.92 Å². The van der Waals surface area contributed by atoms with Crippen LogP contribution in [-0.4, -0.2) is 11.7 Å². The second-order valence-corrected chi connectivity index (χ2v) is 4.70. The monoisotopic (exact) mass is 234 g/mol. The van der Waals surface area contributed by atoms with Crippen LogP contribution in [-0.2, 0) is 0 Å². The lowest BCUT2D eigenvalue weighted by atomic mass is 9.46. The molecule has 3 rings (SSSR count). The number of nitrogens with zero attached hydrogens (tertiary/aromatic N) is 2. The Bertz CT molecular complexity index is 607. The summed E-state index contributed by atoms with van der Waals surface area (Å²) in [7, 11) is 0. The van der Waals surface area contributed by atoms with Crippen LogP contribution in [0.2, 0.25) is 6.82 Å². The van der Waals surface area contributed by atoms with Gasteiger partial charge in [0.25, 0.3) is 0 Å². The Hall–Kier alpha value is -2.03. The average molecular weight is 234 g/mol. The predicted molar refractivity (Wildman–Crippen MR) is 77.9 cm³/mol. The van der Waals surface area contributed by atoms with Gasteiger partial charge in [-0.3, -0.25) is 0 Å². The summed E-state index contributed by atoms with van der Waals surface area (Å²) < 4.78 is 0. The van der Waals surface area contributed by atoms with Gasteiger partial charge in [-0.25, -0.2) is 4.98 Å². The number of fused-ring (bicyclic) bond motifs is 1. The van der Waals surface area contributed by atoms with E-state index >= 15 is 0 Å². The zero-order chi connectivity index (χ0) is 12.5. The Morgan fingerprint density at radius 2 is 1.89 bits per heavy atom. The van der Waals surface area contributed by atoms with Crippen molar-refractivity contribution in [3.05, 3.63) is 60.3 Å². The molecule has 0 bridgehead atoms. The smallest absolute Gasteiger partial charge is 0.202 e. The summed E-state index contributed by atoms with van der Waals surface area (Å²) in [5, 5.41) is 0. The van der Waals surface area contributed by atoms with Crippen LogP contribution < -0.4 is 10.4 Å². The van der Waals surface area contributed by atoms with Gasteiger partial charge in [0, 0.05) is 11.4 Å². The van der Waals surface area contributed by atoms with Crippen molar-refractivity contribution in [1.29, 1.82) is 0 Å². The molecule has 1 aromatic heterocycles. The van der Waals surface area contributed by atoms with Crippen LogP contribution >= 0.6 is 0 Å². The third kappa shape index (κ3) is 1.82. The number of hydrogen-bond donors (Lipinski definition) is 0. The summed E-state index contributed by atoms with van der Waals surface area (Å²) >= 11 is 0. The van der Waals surface area contributed by atoms with Crippen LogP contribution in [0.1, 0.15) is 5.69 Å². The Morgan fingerprint density at radius 1 is 1.06 bits per heavy atom. The number of pyridine rings is 1. The first-order chi connectivity index (χ1) is 8.75. The highest BCUT2D eigenvalue weighted by Gasteiger charge is 2.20. The molecule has 0 amide bonds. The minimum atomic E-state index is 0.460. The molecule has 0 spiro atoms. The molecule has 2 aromatic rings. The van der Waals surface area contributed by atoms with E-state index in [0.717, 1.165) is 11.5 Å². The van der Waals surface area contributed by atoms with Crippen LogP contribution in [0.5, 0.6) is 0 Å². The van der Waals surface area contributed by atoms with Gasteiger partial charge in [-0.15, -0.1) is 0 Å². The highest BCUT2D eigenvalue weighted by molar-refractivity contribution is 6.78. The maximum atomic E-state index is 4.60. The molecule has 0 saturated heterocycles. The molecule has 0 fully saturated rings. The third-order valence-electron chi connectivity index (χ3n) is 3.33. The number of benzene rings is 1. The minimum absolute atomic E-state index is 0.460. The number of anilines is 2. The number of rotatable bonds is 1. The van der Waals surface area contributed by atoms with Crippen LogP contribution in [0.25, 0.3) is 0 Å². The van der Waals surface area contributed by atoms with E-state index in [1.807, 2.05) is 25.1 Å². The lowest BCUT2D eigenvalue weighted by Crippen LogP contribution is -2.34. The fourth-order valence-electron chi connectivity index (χ4n) is 2.35. The Labute approximate surface area is 108 Å². The van der Waals surface area contributed by atoms with Gasteiger partial charge in [-0.05, 0) is 31.3 Å². The number of aromatic nitrogens is 1. The molecule has 0 radical (unpaired) electrons. The van der Waals surface area contributed by atoms with Gasteiger partial charge < -0.3 is 4.90 Å². The van der Waals surface area contributed by atoms with Gasteiger partial charge in [0.05, 0.1) is 0 Å². The summed E-state index contributed by atoms with van der Waals surface area (Å²) in [4.78, 5) is 6.75. The van der Waals surface area contributed by atoms with Crippen molar-refractivity contribution >= 4 is 23.7 Å². The van der Waals surface area contributed by atoms with Crippen LogP contribution in [0.15, 0.2) is 54.6 Å². The molecular weight excluding hydrogens is 219 g/mol. The first-order valence-corrected chi connectivity index (χ1v) is 6.26. The lowest BCUT2D eigenvalue weighted by molar-refractivity contribution is 1.13. The van der Waals surface area contributed by atoms with E-state index in [0.29, 0.717) is 6.71 Å². The first-order valence-electron chi connectivity index (χ1n) is 6.26. The van der Waals surface area contributed by atoms with E-state index in [2.05, 4.69) is 53.1 Å². The molecule has 88 valence electrons. The van der Waals surface area contributed by atoms with E-state index in [-0.39, 0.29) is 0 Å². The van der Waals surface area contributed by atoms with Gasteiger partial charge in [0.15, 0.2) is 0 Å². The summed E-state index contributed by atoms with van der Waals surface area (Å²) in [5.41, 5.74) is 3.62. The molecule has 18 heavy (non-hydrogen) atoms. The molecule has 2 nitrogen and oxygen atoms in total. The van der Waals surface area contributed by atoms with Crippen molar-refractivity contribution in [2.75, 3.05) is 4.90 Å². The van der Waals surface area contributed by atoms with Crippen LogP contribution in [0.3, 0.4) is 0 Å². The van der Waals surface area contributed by atoms with E-state index in [4.69, 9.17) is 0 Å². The van der Waals surface area contributed by atoms with E-state index in [9.17, 15) is 0 Å². The summed E-state index contributed by atoms with van der Waals surface area (Å²) in [6.45, 7) is 4.70. The highest BCUT2D eigenvalue weighted by Crippen LogP contribution is 2.25.